The lowest BCUT2D eigenvalue weighted by molar-refractivity contribution is -0.148. The largest absolute Gasteiger partial charge is 0.488 e. The minimum Gasteiger partial charge on any atom is -0.488 e. The smallest absolute Gasteiger partial charge is 0.408 e. The summed E-state index contributed by atoms with van der Waals surface area (Å²) < 4.78 is 34.2. The van der Waals surface area contributed by atoms with Gasteiger partial charge in [0, 0.05) is 32.1 Å². The van der Waals surface area contributed by atoms with Crippen LogP contribution in [-0.4, -0.2) is 104 Å². The summed E-state index contributed by atoms with van der Waals surface area (Å²) in [6, 6.07) is 3.43. The zero-order valence-electron chi connectivity index (χ0n) is 34.2. The Labute approximate surface area is 345 Å². The van der Waals surface area contributed by atoms with Gasteiger partial charge in [0.1, 0.15) is 53.0 Å². The molecule has 3 saturated carbocycles. The molecule has 2 saturated heterocycles. The fourth-order valence-corrected chi connectivity index (χ4v) is 9.44. The molecule has 3 amide bonds. The van der Waals surface area contributed by atoms with E-state index in [2.05, 4.69) is 10.6 Å². The number of allylic oxidation sites excluding steroid dienone is 1. The van der Waals surface area contributed by atoms with Gasteiger partial charge >= 0.3 is 12.1 Å². The lowest BCUT2D eigenvalue weighted by atomic mass is 10.0. The molecule has 2 N–H and O–H groups in total. The Bertz CT molecular complexity index is 1890. The number of nitrogens with one attached hydrogen (secondary N) is 2. The van der Waals surface area contributed by atoms with E-state index < -0.39 is 53.9 Å². The fourth-order valence-electron chi connectivity index (χ4n) is 9.18. The number of pyridine rings is 1. The minimum atomic E-state index is -1.15. The summed E-state index contributed by atoms with van der Waals surface area (Å²) in [5.41, 5.74) is 0.890. The molecule has 5 fully saturated rings. The third kappa shape index (κ3) is 9.34. The van der Waals surface area contributed by atoms with Crippen molar-refractivity contribution in [2.24, 2.45) is 17.8 Å². The first kappa shape index (κ1) is 42.0. The van der Waals surface area contributed by atoms with Crippen LogP contribution in [0.2, 0.25) is 5.02 Å². The summed E-state index contributed by atoms with van der Waals surface area (Å²) in [6.45, 7) is 4.06. The zero-order valence-corrected chi connectivity index (χ0v) is 34.9. The van der Waals surface area contributed by atoms with Crippen molar-refractivity contribution in [3.8, 4) is 11.5 Å². The maximum absolute atomic E-state index is 14.7. The Balaban J connectivity index is 1.18. The first-order chi connectivity index (χ1) is 27.9. The number of methoxy groups -OCH3 is 3. The second-order valence-electron chi connectivity index (χ2n) is 16.9. The van der Waals surface area contributed by atoms with Crippen molar-refractivity contribution in [2.45, 2.75) is 127 Å². The number of carbonyl (C=O) groups excluding carboxylic acids is 4. The molecule has 3 aliphatic carbocycles. The maximum Gasteiger partial charge on any atom is 0.408 e. The normalized spacial score (nSPS) is 29.6. The molecule has 2 aromatic rings. The summed E-state index contributed by atoms with van der Waals surface area (Å²) in [5.74, 6) is 0.701. The predicted molar refractivity (Wildman–Crippen MR) is 215 cm³/mol. The number of rotatable bonds is 11. The monoisotopic (exact) mass is 824 g/mol. The van der Waals surface area contributed by atoms with E-state index in [1.165, 1.54) is 32.7 Å². The van der Waals surface area contributed by atoms with Crippen LogP contribution in [0.3, 0.4) is 0 Å². The van der Waals surface area contributed by atoms with Gasteiger partial charge in [-0.1, -0.05) is 49.3 Å². The van der Waals surface area contributed by atoms with Gasteiger partial charge in [-0.15, -0.1) is 0 Å². The van der Waals surface area contributed by atoms with Crippen molar-refractivity contribution in [3.05, 3.63) is 34.5 Å². The van der Waals surface area contributed by atoms with E-state index in [1.54, 1.807) is 12.1 Å². The molecule has 7 rings (SSSR count). The molecule has 1 unspecified atom stereocenters. The van der Waals surface area contributed by atoms with Crippen LogP contribution in [0, 0.1) is 17.8 Å². The van der Waals surface area contributed by atoms with E-state index in [-0.39, 0.29) is 36.6 Å². The number of amides is 3. The number of esters is 1. The van der Waals surface area contributed by atoms with E-state index in [0.29, 0.717) is 59.2 Å². The van der Waals surface area contributed by atoms with Gasteiger partial charge in [-0.25, -0.2) is 14.6 Å². The molecule has 3 heterocycles. The topological polar surface area (TPSA) is 164 Å². The van der Waals surface area contributed by atoms with Crippen molar-refractivity contribution in [3.63, 3.8) is 0 Å². The van der Waals surface area contributed by atoms with Gasteiger partial charge in [0.05, 0.1) is 24.9 Å². The highest BCUT2D eigenvalue weighted by Crippen LogP contribution is 2.52. The maximum atomic E-state index is 14.7. The van der Waals surface area contributed by atoms with E-state index in [4.69, 9.17) is 45.0 Å². The number of nitrogens with zero attached hydrogens (tertiary/aromatic N) is 2. The molecule has 0 bridgehead atoms. The van der Waals surface area contributed by atoms with Gasteiger partial charge in [-0.05, 0) is 88.3 Å². The number of benzene rings is 1. The standard InChI is InChI=1S/C43H57ClN4O10/c1-24(2)15-28-19-35(31-13-14-34(37(44)38(31)45-28)56-23-36(53-3)54-4)57-30-20-33-39(49)47-43(41(51)55-5)21-27(43)11-9-7-6-8-10-12-32(40(50)48(33)22-30)46-42(52)58-29-17-25-16-26(25)18-29/h13-15,19,25-27,29-30,32-33,36H,6-12,16-18,20-23H2,1-5H3,(H,46,52)(H,47,49)/t25-,26+,27-,29?,30+,32-,33-,43+/m0/s1. The van der Waals surface area contributed by atoms with Crippen LogP contribution in [0.15, 0.2) is 23.8 Å². The van der Waals surface area contributed by atoms with Gasteiger partial charge in [0.25, 0.3) is 0 Å². The van der Waals surface area contributed by atoms with Crippen molar-refractivity contribution >= 4 is 52.5 Å². The Kier molecular flexibility index (Phi) is 13.0. The average Bonchev–Trinajstić information content (AvgIpc) is 3.99. The van der Waals surface area contributed by atoms with Gasteiger partial charge in [-0.3, -0.25) is 9.59 Å². The summed E-state index contributed by atoms with van der Waals surface area (Å²) >= 11 is 6.93. The highest BCUT2D eigenvalue weighted by atomic mass is 35.5. The van der Waals surface area contributed by atoms with Gasteiger partial charge in [0.2, 0.25) is 11.8 Å². The Hall–Kier alpha value is -4.14. The Morgan fingerprint density at radius 1 is 0.983 bits per heavy atom. The zero-order chi connectivity index (χ0) is 41.1. The molecule has 1 aromatic heterocycles. The van der Waals surface area contributed by atoms with Gasteiger partial charge in [0.15, 0.2) is 6.29 Å². The van der Waals surface area contributed by atoms with Gasteiger partial charge < -0.3 is 44.0 Å². The molecular weight excluding hydrogens is 768 g/mol. The predicted octanol–water partition coefficient (Wildman–Crippen LogP) is 6.34. The summed E-state index contributed by atoms with van der Waals surface area (Å²) in [6.07, 6.45) is 9.00. The molecule has 2 aliphatic heterocycles. The Morgan fingerprint density at radius 2 is 1.71 bits per heavy atom. The molecular formula is C43H57ClN4O10. The number of alkyl carbamates (subject to hydrolysis) is 1. The first-order valence-electron chi connectivity index (χ1n) is 20.7. The molecule has 5 aliphatic rings. The number of halogens is 1. The fraction of sp³-hybridized carbons (Fsp3) is 0.651. The Morgan fingerprint density at radius 3 is 2.41 bits per heavy atom. The minimum absolute atomic E-state index is 0.0525. The average molecular weight is 825 g/mol. The highest BCUT2D eigenvalue weighted by molar-refractivity contribution is 6.36. The number of hydrogen-bond donors (Lipinski definition) is 2. The van der Waals surface area contributed by atoms with E-state index in [9.17, 15) is 19.2 Å². The van der Waals surface area contributed by atoms with Crippen LogP contribution in [0.25, 0.3) is 17.0 Å². The number of ether oxygens (including phenoxy) is 6. The summed E-state index contributed by atoms with van der Waals surface area (Å²) in [5, 5.41) is 6.81. The quantitative estimate of drug-likeness (QED) is 0.192. The van der Waals surface area contributed by atoms with Crippen LogP contribution >= 0.6 is 11.6 Å². The number of aromatic nitrogens is 1. The van der Waals surface area contributed by atoms with Crippen LogP contribution < -0.4 is 20.1 Å². The van der Waals surface area contributed by atoms with E-state index in [0.717, 1.165) is 50.5 Å². The second kappa shape index (κ2) is 18.0. The molecule has 1 aromatic carbocycles. The molecule has 0 spiro atoms. The van der Waals surface area contributed by atoms with Crippen molar-refractivity contribution in [1.82, 2.24) is 20.5 Å². The van der Waals surface area contributed by atoms with Crippen LogP contribution in [0.1, 0.15) is 96.6 Å². The van der Waals surface area contributed by atoms with E-state index >= 15 is 0 Å². The molecule has 58 heavy (non-hydrogen) atoms. The third-order valence-corrected chi connectivity index (χ3v) is 12.8. The van der Waals surface area contributed by atoms with E-state index in [1.807, 2.05) is 26.0 Å². The molecule has 15 heteroatoms. The lowest BCUT2D eigenvalue weighted by Crippen LogP contribution is -2.56. The number of hydrogen-bond acceptors (Lipinski definition) is 11. The van der Waals surface area contributed by atoms with Crippen molar-refractivity contribution in [2.75, 3.05) is 34.5 Å². The summed E-state index contributed by atoms with van der Waals surface area (Å²) in [7, 11) is 4.37. The molecule has 8 atom stereocenters. The lowest BCUT2D eigenvalue weighted by Gasteiger charge is -2.29. The number of carbonyl (C=O) groups is 4. The summed E-state index contributed by atoms with van der Waals surface area (Å²) in [4.78, 5) is 61.9. The van der Waals surface area contributed by atoms with Gasteiger partial charge in [-0.2, -0.15) is 0 Å². The molecule has 0 radical (unpaired) electrons. The molecule has 14 nitrogen and oxygen atoms in total. The number of fused-ring (bicyclic) bond motifs is 4. The molecule has 316 valence electrons. The van der Waals surface area contributed by atoms with Crippen LogP contribution in [-0.2, 0) is 33.3 Å². The second-order valence-corrected chi connectivity index (χ2v) is 17.3. The van der Waals surface area contributed by atoms with Crippen LogP contribution in [0.4, 0.5) is 4.79 Å². The van der Waals surface area contributed by atoms with Crippen molar-refractivity contribution in [1.29, 1.82) is 0 Å². The SMILES string of the molecule is COC(=O)[C@@]12C[C@@H]1CCCCCCC[C@H](NC(=O)OC1C[C@@H]3C[C@@H]3C1)C(=O)N1C[C@H](Oc3cc(C=C(C)C)nc4c(Cl)c(OCC(OC)OC)ccc34)C[C@H]1C(=O)N2. The van der Waals surface area contributed by atoms with Crippen LogP contribution in [0.5, 0.6) is 11.5 Å². The highest BCUT2D eigenvalue weighted by Gasteiger charge is 2.62. The van der Waals surface area contributed by atoms with Crippen molar-refractivity contribution < 1.29 is 47.6 Å². The first-order valence-corrected chi connectivity index (χ1v) is 21.1. The third-order valence-electron chi connectivity index (χ3n) is 12.5.